The Labute approximate surface area is 173 Å². The molecule has 2 N–H and O–H groups in total. The number of aryl methyl sites for hydroxylation is 4. The third kappa shape index (κ3) is 3.33. The van der Waals surface area contributed by atoms with Crippen LogP contribution in [0.1, 0.15) is 29.0 Å². The molecular formula is C21H22N8O. The summed E-state index contributed by atoms with van der Waals surface area (Å²) >= 11 is 0. The monoisotopic (exact) mass is 402 g/mol. The molecule has 9 heteroatoms. The van der Waals surface area contributed by atoms with Crippen LogP contribution in [0.2, 0.25) is 0 Å². The molecule has 4 aromatic rings. The van der Waals surface area contributed by atoms with Gasteiger partial charge in [0.15, 0.2) is 5.82 Å². The van der Waals surface area contributed by atoms with E-state index < -0.39 is 5.91 Å². The molecule has 0 aromatic carbocycles. The van der Waals surface area contributed by atoms with Crippen LogP contribution in [0.4, 0.5) is 0 Å². The smallest absolute Gasteiger partial charge is 0.267 e. The number of hydrogen-bond acceptors (Lipinski definition) is 5. The summed E-state index contributed by atoms with van der Waals surface area (Å²) in [5, 5.41) is 9.66. The number of amides is 1. The van der Waals surface area contributed by atoms with Crippen molar-refractivity contribution >= 4 is 16.8 Å². The van der Waals surface area contributed by atoms with Gasteiger partial charge in [0.25, 0.3) is 5.91 Å². The van der Waals surface area contributed by atoms with Crippen molar-refractivity contribution < 1.29 is 4.79 Å². The zero-order valence-electron chi connectivity index (χ0n) is 17.1. The third-order valence-electron chi connectivity index (χ3n) is 4.94. The topological polar surface area (TPSA) is 109 Å². The maximum atomic E-state index is 11.8. The molecule has 9 nitrogen and oxygen atoms in total. The summed E-state index contributed by atoms with van der Waals surface area (Å²) in [5.41, 5.74) is 9.55. The Morgan fingerprint density at radius 3 is 2.80 bits per heavy atom. The Hall–Kier alpha value is -3.93. The normalized spacial score (nSPS) is 11.1. The standard InChI is InChI=1S/C21H22N8O/c1-5-6-7-8-29-18(9-13(2)26-29)16-12-27(3)21(25-16)19-14-11-23-28(4)17(14)10-15(24-19)20(22)30/h1,9-12H,6-8H2,2-4H3,(H2,22,30). The summed E-state index contributed by atoms with van der Waals surface area (Å²) in [7, 11) is 3.69. The molecule has 30 heavy (non-hydrogen) atoms. The maximum Gasteiger partial charge on any atom is 0.267 e. The highest BCUT2D eigenvalue weighted by Gasteiger charge is 2.20. The first kappa shape index (κ1) is 19.4. The van der Waals surface area contributed by atoms with Crippen molar-refractivity contribution in [1.82, 2.24) is 34.1 Å². The van der Waals surface area contributed by atoms with Crippen LogP contribution in [-0.2, 0) is 20.6 Å². The molecule has 0 fully saturated rings. The first-order valence-corrected chi connectivity index (χ1v) is 9.53. The zero-order valence-corrected chi connectivity index (χ0v) is 17.1. The molecule has 152 valence electrons. The molecule has 0 saturated carbocycles. The Morgan fingerprint density at radius 1 is 1.27 bits per heavy atom. The number of imidazole rings is 1. The Kier molecular flexibility index (Phi) is 4.83. The number of pyridine rings is 1. The van der Waals surface area contributed by atoms with E-state index in [1.807, 2.05) is 35.5 Å². The van der Waals surface area contributed by atoms with Crippen molar-refractivity contribution in [1.29, 1.82) is 0 Å². The van der Waals surface area contributed by atoms with Gasteiger partial charge >= 0.3 is 0 Å². The average molecular weight is 402 g/mol. The van der Waals surface area contributed by atoms with Crippen molar-refractivity contribution in [2.24, 2.45) is 19.8 Å². The molecule has 0 aliphatic heterocycles. The molecule has 0 atom stereocenters. The second kappa shape index (κ2) is 7.48. The first-order chi connectivity index (χ1) is 14.4. The number of hydrogen-bond donors (Lipinski definition) is 1. The fourth-order valence-electron chi connectivity index (χ4n) is 3.50. The number of carbonyl (C=O) groups excluding carboxylic acids is 1. The number of nitrogens with zero attached hydrogens (tertiary/aromatic N) is 7. The van der Waals surface area contributed by atoms with Crippen molar-refractivity contribution in [3.63, 3.8) is 0 Å². The van der Waals surface area contributed by atoms with Gasteiger partial charge in [-0.1, -0.05) is 0 Å². The molecule has 4 rings (SSSR count). The van der Waals surface area contributed by atoms with Crippen LogP contribution < -0.4 is 5.73 Å². The van der Waals surface area contributed by atoms with Gasteiger partial charge in [0.2, 0.25) is 0 Å². The minimum absolute atomic E-state index is 0.167. The molecule has 4 aromatic heterocycles. The van der Waals surface area contributed by atoms with Crippen molar-refractivity contribution in [2.45, 2.75) is 26.3 Å². The van der Waals surface area contributed by atoms with Gasteiger partial charge in [0.05, 0.1) is 23.1 Å². The summed E-state index contributed by atoms with van der Waals surface area (Å²) in [5.74, 6) is 2.67. The van der Waals surface area contributed by atoms with Gasteiger partial charge in [-0.2, -0.15) is 10.2 Å². The number of nitrogens with two attached hydrogens (primary N) is 1. The van der Waals surface area contributed by atoms with Crippen LogP contribution in [0.25, 0.3) is 33.8 Å². The van der Waals surface area contributed by atoms with Crippen molar-refractivity contribution in [3.8, 4) is 35.2 Å². The highest BCUT2D eigenvalue weighted by Crippen LogP contribution is 2.29. The van der Waals surface area contributed by atoms with Gasteiger partial charge < -0.3 is 10.3 Å². The fraction of sp³-hybridized carbons (Fsp3) is 0.286. The zero-order chi connectivity index (χ0) is 21.4. The number of unbranched alkanes of at least 4 members (excludes halogenated alkanes) is 1. The van der Waals surface area contributed by atoms with Crippen LogP contribution in [0.15, 0.2) is 24.5 Å². The molecule has 0 radical (unpaired) electrons. The SMILES string of the molecule is C#CCCCn1nc(C)cc1-c1cn(C)c(-c2nc(C(N)=O)cc3c2cnn3C)n1. The summed E-state index contributed by atoms with van der Waals surface area (Å²) in [6.45, 7) is 2.66. The second-order valence-corrected chi connectivity index (χ2v) is 7.18. The van der Waals surface area contributed by atoms with E-state index in [0.717, 1.165) is 34.4 Å². The lowest BCUT2D eigenvalue weighted by Crippen LogP contribution is -2.14. The van der Waals surface area contributed by atoms with Crippen LogP contribution in [0.5, 0.6) is 0 Å². The largest absolute Gasteiger partial charge is 0.364 e. The second-order valence-electron chi connectivity index (χ2n) is 7.18. The lowest BCUT2D eigenvalue weighted by Gasteiger charge is -2.05. The molecule has 0 bridgehead atoms. The van der Waals surface area contributed by atoms with E-state index in [-0.39, 0.29) is 5.69 Å². The molecule has 0 saturated heterocycles. The van der Waals surface area contributed by atoms with Crippen molar-refractivity contribution in [2.75, 3.05) is 0 Å². The van der Waals surface area contributed by atoms with Crippen LogP contribution in [0, 0.1) is 19.3 Å². The van der Waals surface area contributed by atoms with Gasteiger partial charge in [-0.15, -0.1) is 12.3 Å². The molecule has 0 aliphatic rings. The van der Waals surface area contributed by atoms with E-state index in [1.54, 1.807) is 24.0 Å². The van der Waals surface area contributed by atoms with Gasteiger partial charge in [-0.25, -0.2) is 9.97 Å². The van der Waals surface area contributed by atoms with Crippen LogP contribution in [0.3, 0.4) is 0 Å². The first-order valence-electron chi connectivity index (χ1n) is 9.53. The Balaban J connectivity index is 1.84. The highest BCUT2D eigenvalue weighted by atomic mass is 16.1. The molecule has 0 spiro atoms. The molecule has 4 heterocycles. The number of terminal acetylenes is 1. The van der Waals surface area contributed by atoms with Gasteiger partial charge in [-0.05, 0) is 25.5 Å². The van der Waals surface area contributed by atoms with E-state index >= 15 is 0 Å². The van der Waals surface area contributed by atoms with Gasteiger partial charge in [0, 0.05) is 38.6 Å². The minimum atomic E-state index is -0.601. The minimum Gasteiger partial charge on any atom is -0.364 e. The highest BCUT2D eigenvalue weighted by molar-refractivity contribution is 5.99. The van der Waals surface area contributed by atoms with Crippen molar-refractivity contribution in [3.05, 3.63) is 35.9 Å². The van der Waals surface area contributed by atoms with E-state index in [0.29, 0.717) is 24.5 Å². The molecule has 0 unspecified atom stereocenters. The Bertz CT molecular complexity index is 1300. The maximum absolute atomic E-state index is 11.8. The third-order valence-corrected chi connectivity index (χ3v) is 4.94. The number of aromatic nitrogens is 7. The fourth-order valence-corrected chi connectivity index (χ4v) is 3.50. The predicted molar refractivity (Wildman–Crippen MR) is 113 cm³/mol. The van der Waals surface area contributed by atoms with Gasteiger partial charge in [-0.3, -0.25) is 14.2 Å². The number of carbonyl (C=O) groups is 1. The van der Waals surface area contributed by atoms with Gasteiger partial charge in [0.1, 0.15) is 17.1 Å². The van der Waals surface area contributed by atoms with E-state index in [4.69, 9.17) is 17.1 Å². The van der Waals surface area contributed by atoms with Crippen LogP contribution in [-0.4, -0.2) is 40.0 Å². The van der Waals surface area contributed by atoms with E-state index in [9.17, 15) is 4.79 Å². The quantitative estimate of drug-likeness (QED) is 0.392. The average Bonchev–Trinajstić information content (AvgIpc) is 3.38. The van der Waals surface area contributed by atoms with E-state index in [1.165, 1.54) is 0 Å². The summed E-state index contributed by atoms with van der Waals surface area (Å²) in [6.07, 6.45) is 10.5. The summed E-state index contributed by atoms with van der Waals surface area (Å²) in [4.78, 5) is 21.1. The molecule has 1 amide bonds. The summed E-state index contributed by atoms with van der Waals surface area (Å²) in [6, 6.07) is 3.64. The summed E-state index contributed by atoms with van der Waals surface area (Å²) < 4.78 is 5.48. The van der Waals surface area contributed by atoms with E-state index in [2.05, 4.69) is 21.1 Å². The molecule has 0 aliphatic carbocycles. The predicted octanol–water partition coefficient (Wildman–Crippen LogP) is 2.05. The Morgan fingerprint density at radius 2 is 2.07 bits per heavy atom. The number of rotatable bonds is 6. The van der Waals surface area contributed by atoms with Crippen LogP contribution >= 0.6 is 0 Å². The lowest BCUT2D eigenvalue weighted by atomic mass is 10.2. The number of primary amides is 1. The molecular weight excluding hydrogens is 380 g/mol. The number of fused-ring (bicyclic) bond motifs is 1. The lowest BCUT2D eigenvalue weighted by molar-refractivity contribution is 0.0996.